The molecule has 1 aliphatic heterocycles. The fourth-order valence-corrected chi connectivity index (χ4v) is 3.91. The minimum atomic E-state index is -2.82. The average Bonchev–Trinajstić information content (AvgIpc) is 2.69. The van der Waals surface area contributed by atoms with Crippen LogP contribution in [0.1, 0.15) is 32.1 Å². The predicted octanol–water partition coefficient (Wildman–Crippen LogP) is 0.723. The Hall–Kier alpha value is -0.880. The van der Waals surface area contributed by atoms with Gasteiger partial charge in [0.25, 0.3) is 0 Å². The van der Waals surface area contributed by atoms with Gasteiger partial charge in [-0.25, -0.2) is 8.42 Å². The minimum Gasteiger partial charge on any atom is -0.351 e. The van der Waals surface area contributed by atoms with Gasteiger partial charge >= 0.3 is 0 Å². The van der Waals surface area contributed by atoms with Gasteiger partial charge in [-0.1, -0.05) is 12.5 Å². The summed E-state index contributed by atoms with van der Waals surface area (Å²) in [5.74, 6) is 0.537. The molecule has 1 fully saturated rings. The molecule has 0 aromatic heterocycles. The van der Waals surface area contributed by atoms with E-state index in [4.69, 9.17) is 0 Å². The third kappa shape index (κ3) is 4.90. The van der Waals surface area contributed by atoms with Crippen LogP contribution in [0.25, 0.3) is 0 Å². The molecule has 1 aliphatic carbocycles. The first kappa shape index (κ1) is 15.5. The number of allylic oxidation sites excluding steroid dienone is 1. The number of hydrogen-bond donors (Lipinski definition) is 1. The van der Waals surface area contributed by atoms with E-state index in [1.165, 1.54) is 12.8 Å². The molecule has 2 rings (SSSR count). The molecule has 0 atom stereocenters. The molecule has 0 radical (unpaired) electrons. The Morgan fingerprint density at radius 2 is 1.95 bits per heavy atom. The fraction of sp³-hybridized carbons (Fsp3) is 0.786. The van der Waals surface area contributed by atoms with Gasteiger partial charge in [-0.3, -0.25) is 9.69 Å². The van der Waals surface area contributed by atoms with Crippen LogP contribution in [0.3, 0.4) is 0 Å². The molecular weight excluding hydrogens is 276 g/mol. The molecule has 1 N–H and O–H groups in total. The number of sulfone groups is 1. The van der Waals surface area contributed by atoms with Crippen LogP contribution in [0.5, 0.6) is 0 Å². The van der Waals surface area contributed by atoms with E-state index in [0.29, 0.717) is 19.6 Å². The van der Waals surface area contributed by atoms with E-state index in [2.05, 4.69) is 16.3 Å². The molecule has 0 aromatic rings. The van der Waals surface area contributed by atoms with Crippen LogP contribution in [0.15, 0.2) is 11.6 Å². The number of nitrogens with one attached hydrogen (secondary N) is 1. The molecule has 0 bridgehead atoms. The van der Waals surface area contributed by atoms with Gasteiger partial charge in [-0.2, -0.15) is 0 Å². The molecule has 114 valence electrons. The van der Waals surface area contributed by atoms with Gasteiger partial charge in [0, 0.05) is 31.8 Å². The second-order valence-electron chi connectivity index (χ2n) is 5.58. The molecule has 0 aromatic carbocycles. The maximum atomic E-state index is 12.0. The zero-order valence-corrected chi connectivity index (χ0v) is 12.8. The summed E-state index contributed by atoms with van der Waals surface area (Å²) in [6.45, 7) is 2.49. The molecular formula is C14H24N2O3S. The number of carbonyl (C=O) groups is 1. The van der Waals surface area contributed by atoms with Crippen LogP contribution in [0.4, 0.5) is 0 Å². The number of rotatable bonds is 4. The Labute approximate surface area is 121 Å². The minimum absolute atomic E-state index is 0.0523. The number of hydrogen-bond acceptors (Lipinski definition) is 4. The summed E-state index contributed by atoms with van der Waals surface area (Å²) in [5, 5.41) is 2.95. The predicted molar refractivity (Wildman–Crippen MR) is 79.3 cm³/mol. The van der Waals surface area contributed by atoms with Crippen molar-refractivity contribution in [3.8, 4) is 0 Å². The summed E-state index contributed by atoms with van der Waals surface area (Å²) in [4.78, 5) is 14.1. The van der Waals surface area contributed by atoms with Crippen molar-refractivity contribution in [2.24, 2.45) is 0 Å². The van der Waals surface area contributed by atoms with E-state index in [-0.39, 0.29) is 17.4 Å². The highest BCUT2D eigenvalue weighted by molar-refractivity contribution is 7.91. The zero-order valence-electron chi connectivity index (χ0n) is 11.9. The number of amides is 1. The van der Waals surface area contributed by atoms with Crippen molar-refractivity contribution in [3.05, 3.63) is 11.6 Å². The van der Waals surface area contributed by atoms with E-state index in [1.807, 2.05) is 0 Å². The first-order chi connectivity index (χ1) is 9.57. The molecule has 5 nitrogen and oxygen atoms in total. The summed E-state index contributed by atoms with van der Waals surface area (Å²) < 4.78 is 22.6. The molecule has 6 heteroatoms. The maximum absolute atomic E-state index is 12.0. The summed E-state index contributed by atoms with van der Waals surface area (Å²) >= 11 is 0. The molecule has 0 spiro atoms. The van der Waals surface area contributed by atoms with Crippen molar-refractivity contribution in [2.45, 2.75) is 32.1 Å². The second kappa shape index (κ2) is 7.22. The molecule has 2 aliphatic rings. The van der Waals surface area contributed by atoms with Crippen molar-refractivity contribution in [1.29, 1.82) is 0 Å². The Morgan fingerprint density at radius 3 is 2.70 bits per heavy atom. The van der Waals surface area contributed by atoms with Crippen molar-refractivity contribution < 1.29 is 13.2 Å². The van der Waals surface area contributed by atoms with E-state index in [0.717, 1.165) is 31.4 Å². The van der Waals surface area contributed by atoms with Crippen LogP contribution in [-0.2, 0) is 14.6 Å². The second-order valence-corrected chi connectivity index (χ2v) is 7.88. The van der Waals surface area contributed by atoms with E-state index >= 15 is 0 Å². The largest absolute Gasteiger partial charge is 0.351 e. The Bertz CT molecular complexity index is 457. The van der Waals surface area contributed by atoms with Crippen LogP contribution in [0, 0.1) is 0 Å². The standard InChI is InChI=1S/C14H24N2O3S/c17-14(13-5-3-1-2-4-6-13)15-7-8-16-9-11-20(18,19)12-10-16/h5H,1-4,6-12H2,(H,15,17). The van der Waals surface area contributed by atoms with Crippen molar-refractivity contribution in [2.75, 3.05) is 37.7 Å². The lowest BCUT2D eigenvalue weighted by Gasteiger charge is -2.26. The quantitative estimate of drug-likeness (QED) is 0.831. The molecule has 0 unspecified atom stereocenters. The van der Waals surface area contributed by atoms with Crippen molar-refractivity contribution in [1.82, 2.24) is 10.2 Å². The van der Waals surface area contributed by atoms with Crippen LogP contribution in [-0.4, -0.2) is 56.9 Å². The van der Waals surface area contributed by atoms with Gasteiger partial charge in [0.1, 0.15) is 0 Å². The fourth-order valence-electron chi connectivity index (χ4n) is 2.64. The molecule has 1 saturated heterocycles. The average molecular weight is 300 g/mol. The lowest BCUT2D eigenvalue weighted by molar-refractivity contribution is -0.117. The lowest BCUT2D eigenvalue weighted by atomic mass is 10.1. The highest BCUT2D eigenvalue weighted by atomic mass is 32.2. The summed E-state index contributed by atoms with van der Waals surface area (Å²) in [7, 11) is -2.82. The Kier molecular flexibility index (Phi) is 5.60. The number of nitrogens with zero attached hydrogens (tertiary/aromatic N) is 1. The third-order valence-electron chi connectivity index (χ3n) is 3.98. The van der Waals surface area contributed by atoms with Crippen LogP contribution >= 0.6 is 0 Å². The maximum Gasteiger partial charge on any atom is 0.246 e. The molecule has 0 saturated carbocycles. The van der Waals surface area contributed by atoms with E-state index in [1.54, 1.807) is 0 Å². The zero-order chi connectivity index (χ0) is 14.4. The molecule has 1 amide bonds. The summed E-state index contributed by atoms with van der Waals surface area (Å²) in [6, 6.07) is 0. The summed E-state index contributed by atoms with van der Waals surface area (Å²) in [5.41, 5.74) is 0.920. The Balaban J connectivity index is 1.68. The highest BCUT2D eigenvalue weighted by Gasteiger charge is 2.21. The van der Waals surface area contributed by atoms with Gasteiger partial charge in [-0.15, -0.1) is 0 Å². The van der Waals surface area contributed by atoms with Gasteiger partial charge in [0.2, 0.25) is 5.91 Å². The van der Waals surface area contributed by atoms with Crippen LogP contribution in [0.2, 0.25) is 0 Å². The SMILES string of the molecule is O=C(NCCN1CCS(=O)(=O)CC1)C1=CCCCCC1. The smallest absolute Gasteiger partial charge is 0.246 e. The highest BCUT2D eigenvalue weighted by Crippen LogP contribution is 2.16. The van der Waals surface area contributed by atoms with E-state index in [9.17, 15) is 13.2 Å². The van der Waals surface area contributed by atoms with Crippen LogP contribution < -0.4 is 5.32 Å². The van der Waals surface area contributed by atoms with Crippen molar-refractivity contribution in [3.63, 3.8) is 0 Å². The first-order valence-electron chi connectivity index (χ1n) is 7.47. The van der Waals surface area contributed by atoms with Gasteiger partial charge in [0.15, 0.2) is 9.84 Å². The normalized spacial score (nSPS) is 23.7. The monoisotopic (exact) mass is 300 g/mol. The lowest BCUT2D eigenvalue weighted by Crippen LogP contribution is -2.44. The Morgan fingerprint density at radius 1 is 1.20 bits per heavy atom. The van der Waals surface area contributed by atoms with Gasteiger partial charge < -0.3 is 5.32 Å². The first-order valence-corrected chi connectivity index (χ1v) is 9.29. The number of carbonyl (C=O) groups excluding carboxylic acids is 1. The van der Waals surface area contributed by atoms with Gasteiger partial charge in [-0.05, 0) is 25.7 Å². The van der Waals surface area contributed by atoms with Crippen molar-refractivity contribution >= 4 is 15.7 Å². The van der Waals surface area contributed by atoms with E-state index < -0.39 is 9.84 Å². The summed E-state index contributed by atoms with van der Waals surface area (Å²) in [6.07, 6.45) is 7.44. The third-order valence-corrected chi connectivity index (χ3v) is 5.59. The van der Waals surface area contributed by atoms with Gasteiger partial charge in [0.05, 0.1) is 11.5 Å². The molecule has 20 heavy (non-hydrogen) atoms. The topological polar surface area (TPSA) is 66.5 Å². The molecule has 1 heterocycles.